The van der Waals surface area contributed by atoms with E-state index in [-0.39, 0.29) is 0 Å². The van der Waals surface area contributed by atoms with Gasteiger partial charge in [0.05, 0.1) is 0 Å². The molecule has 0 bridgehead atoms. The predicted octanol–water partition coefficient (Wildman–Crippen LogP) is 3.05. The molecule has 0 saturated carbocycles. The molecule has 0 spiro atoms. The lowest BCUT2D eigenvalue weighted by molar-refractivity contribution is 0.187. The number of pyridine rings is 1. The fourth-order valence-corrected chi connectivity index (χ4v) is 3.35. The Hall–Kier alpha value is -1.53. The van der Waals surface area contributed by atoms with E-state index in [2.05, 4.69) is 31.6 Å². The Bertz CT molecular complexity index is 625. The van der Waals surface area contributed by atoms with E-state index in [0.717, 1.165) is 42.1 Å². The molecule has 0 unspecified atom stereocenters. The fraction of sp³-hybridized carbons (Fsp3) is 0.533. The standard InChI is InChI=1S/C15H21N5S/c1-2-9-19-10-5-13(6-11-19)20-14(17-18-15(20)21)12-3-7-16-8-4-12/h3-4,7-8,13H,2,5-6,9-11H2,1H3,(H,18,21). The van der Waals surface area contributed by atoms with E-state index in [1.807, 2.05) is 12.1 Å². The SMILES string of the molecule is CCCN1CCC(n2c(-c3ccncc3)n[nH]c2=S)CC1. The maximum Gasteiger partial charge on any atom is 0.195 e. The number of aromatic amines is 1. The van der Waals surface area contributed by atoms with Gasteiger partial charge < -0.3 is 4.90 Å². The molecule has 6 heteroatoms. The summed E-state index contributed by atoms with van der Waals surface area (Å²) in [4.78, 5) is 6.60. The molecular formula is C15H21N5S. The molecule has 0 atom stereocenters. The summed E-state index contributed by atoms with van der Waals surface area (Å²) in [5.74, 6) is 0.927. The molecule has 2 aromatic rings. The lowest BCUT2D eigenvalue weighted by atomic mass is 10.0. The lowest BCUT2D eigenvalue weighted by Crippen LogP contribution is -2.35. The number of H-pyrrole nitrogens is 1. The third-order valence-corrected chi connectivity index (χ3v) is 4.39. The van der Waals surface area contributed by atoms with Gasteiger partial charge in [-0.2, -0.15) is 5.10 Å². The van der Waals surface area contributed by atoms with Gasteiger partial charge in [-0.3, -0.25) is 14.6 Å². The van der Waals surface area contributed by atoms with Gasteiger partial charge in [-0.25, -0.2) is 0 Å². The van der Waals surface area contributed by atoms with Crippen LogP contribution in [0.15, 0.2) is 24.5 Å². The van der Waals surface area contributed by atoms with Crippen molar-refractivity contribution in [3.63, 3.8) is 0 Å². The summed E-state index contributed by atoms with van der Waals surface area (Å²) in [6.45, 7) is 5.71. The molecule has 1 fully saturated rings. The van der Waals surface area contributed by atoms with E-state index in [1.54, 1.807) is 12.4 Å². The number of aromatic nitrogens is 4. The quantitative estimate of drug-likeness (QED) is 0.882. The van der Waals surface area contributed by atoms with Gasteiger partial charge in [0.2, 0.25) is 0 Å². The van der Waals surface area contributed by atoms with E-state index in [1.165, 1.54) is 13.0 Å². The maximum atomic E-state index is 5.45. The zero-order valence-electron chi connectivity index (χ0n) is 12.3. The number of hydrogen-bond acceptors (Lipinski definition) is 4. The summed E-state index contributed by atoms with van der Waals surface area (Å²) in [5, 5.41) is 7.37. The molecule has 1 saturated heterocycles. The largest absolute Gasteiger partial charge is 0.303 e. The molecule has 3 rings (SSSR count). The number of nitrogens with one attached hydrogen (secondary N) is 1. The van der Waals surface area contributed by atoms with Gasteiger partial charge in [0, 0.05) is 37.1 Å². The van der Waals surface area contributed by atoms with Crippen LogP contribution in [0.4, 0.5) is 0 Å². The minimum Gasteiger partial charge on any atom is -0.303 e. The van der Waals surface area contributed by atoms with Crippen molar-refractivity contribution in [1.29, 1.82) is 0 Å². The zero-order valence-corrected chi connectivity index (χ0v) is 13.1. The molecule has 0 aromatic carbocycles. The van der Waals surface area contributed by atoms with Crippen molar-refractivity contribution in [2.24, 2.45) is 0 Å². The summed E-state index contributed by atoms with van der Waals surface area (Å²) < 4.78 is 2.91. The van der Waals surface area contributed by atoms with Crippen molar-refractivity contribution in [3.05, 3.63) is 29.3 Å². The summed E-state index contributed by atoms with van der Waals surface area (Å²) >= 11 is 5.45. The minimum atomic E-state index is 0.438. The minimum absolute atomic E-state index is 0.438. The smallest absolute Gasteiger partial charge is 0.195 e. The molecule has 0 amide bonds. The lowest BCUT2D eigenvalue weighted by Gasteiger charge is -2.32. The molecule has 1 aliphatic rings. The van der Waals surface area contributed by atoms with E-state index in [9.17, 15) is 0 Å². The summed E-state index contributed by atoms with van der Waals surface area (Å²) in [6, 6.07) is 4.40. The van der Waals surface area contributed by atoms with Gasteiger partial charge in [0.15, 0.2) is 10.6 Å². The van der Waals surface area contributed by atoms with Gasteiger partial charge in [-0.1, -0.05) is 6.92 Å². The molecular weight excluding hydrogens is 282 g/mol. The zero-order chi connectivity index (χ0) is 14.7. The highest BCUT2D eigenvalue weighted by atomic mass is 32.1. The number of nitrogens with zero attached hydrogens (tertiary/aromatic N) is 4. The summed E-state index contributed by atoms with van der Waals surface area (Å²) in [5.41, 5.74) is 1.06. The van der Waals surface area contributed by atoms with Crippen molar-refractivity contribution in [3.8, 4) is 11.4 Å². The Morgan fingerprint density at radius 1 is 1.29 bits per heavy atom. The van der Waals surface area contributed by atoms with Crippen LogP contribution in [0.2, 0.25) is 0 Å². The monoisotopic (exact) mass is 303 g/mol. The first kappa shape index (κ1) is 14.4. The van der Waals surface area contributed by atoms with Crippen LogP contribution in [0.3, 0.4) is 0 Å². The third-order valence-electron chi connectivity index (χ3n) is 4.11. The Kier molecular flexibility index (Phi) is 4.45. The molecule has 1 aliphatic heterocycles. The first-order valence-corrected chi connectivity index (χ1v) is 8.00. The second-order valence-electron chi connectivity index (χ2n) is 5.53. The Morgan fingerprint density at radius 2 is 2.00 bits per heavy atom. The highest BCUT2D eigenvalue weighted by molar-refractivity contribution is 7.71. The topological polar surface area (TPSA) is 49.7 Å². The van der Waals surface area contributed by atoms with Gasteiger partial charge in [-0.15, -0.1) is 0 Å². The van der Waals surface area contributed by atoms with Crippen LogP contribution in [0.25, 0.3) is 11.4 Å². The Morgan fingerprint density at radius 3 is 2.67 bits per heavy atom. The Balaban J connectivity index is 1.84. The van der Waals surface area contributed by atoms with E-state index < -0.39 is 0 Å². The van der Waals surface area contributed by atoms with Gasteiger partial charge in [0.1, 0.15) is 0 Å². The molecule has 5 nitrogen and oxygen atoms in total. The van der Waals surface area contributed by atoms with Crippen LogP contribution in [-0.4, -0.2) is 44.3 Å². The van der Waals surface area contributed by atoms with E-state index >= 15 is 0 Å². The number of rotatable bonds is 4. The van der Waals surface area contributed by atoms with Crippen LogP contribution in [0.1, 0.15) is 32.2 Å². The second-order valence-corrected chi connectivity index (χ2v) is 5.92. The summed E-state index contributed by atoms with van der Waals surface area (Å²) in [7, 11) is 0. The molecule has 3 heterocycles. The maximum absolute atomic E-state index is 5.45. The van der Waals surface area contributed by atoms with Crippen molar-refractivity contribution < 1.29 is 0 Å². The van der Waals surface area contributed by atoms with Gasteiger partial charge in [0.25, 0.3) is 0 Å². The van der Waals surface area contributed by atoms with Crippen LogP contribution >= 0.6 is 12.2 Å². The first-order valence-electron chi connectivity index (χ1n) is 7.59. The van der Waals surface area contributed by atoms with Crippen molar-refractivity contribution >= 4 is 12.2 Å². The highest BCUT2D eigenvalue weighted by Gasteiger charge is 2.23. The average molecular weight is 303 g/mol. The Labute approximate surface area is 130 Å². The van der Waals surface area contributed by atoms with Crippen molar-refractivity contribution in [2.45, 2.75) is 32.2 Å². The van der Waals surface area contributed by atoms with Crippen LogP contribution in [-0.2, 0) is 0 Å². The molecule has 21 heavy (non-hydrogen) atoms. The van der Waals surface area contributed by atoms with Crippen molar-refractivity contribution in [2.75, 3.05) is 19.6 Å². The summed E-state index contributed by atoms with van der Waals surface area (Å²) in [6.07, 6.45) is 7.07. The van der Waals surface area contributed by atoms with Crippen LogP contribution in [0, 0.1) is 4.77 Å². The molecule has 2 aromatic heterocycles. The predicted molar refractivity (Wildman–Crippen MR) is 85.6 cm³/mol. The molecule has 112 valence electrons. The van der Waals surface area contributed by atoms with E-state index in [4.69, 9.17) is 12.2 Å². The van der Waals surface area contributed by atoms with Crippen LogP contribution in [0.5, 0.6) is 0 Å². The molecule has 0 aliphatic carbocycles. The molecule has 1 N–H and O–H groups in total. The second kappa shape index (κ2) is 6.49. The molecule has 0 radical (unpaired) electrons. The number of likely N-dealkylation sites (tertiary alicyclic amines) is 1. The average Bonchev–Trinajstić information content (AvgIpc) is 2.91. The first-order chi connectivity index (χ1) is 10.3. The number of hydrogen-bond donors (Lipinski definition) is 1. The van der Waals surface area contributed by atoms with E-state index in [0.29, 0.717) is 6.04 Å². The van der Waals surface area contributed by atoms with Crippen LogP contribution < -0.4 is 0 Å². The van der Waals surface area contributed by atoms with Gasteiger partial charge >= 0.3 is 0 Å². The third kappa shape index (κ3) is 3.06. The normalized spacial score (nSPS) is 17.2. The van der Waals surface area contributed by atoms with Gasteiger partial charge in [-0.05, 0) is 50.2 Å². The highest BCUT2D eigenvalue weighted by Crippen LogP contribution is 2.28. The van der Waals surface area contributed by atoms with Crippen molar-refractivity contribution in [1.82, 2.24) is 24.6 Å². The number of piperidine rings is 1. The fourth-order valence-electron chi connectivity index (χ4n) is 3.07.